The van der Waals surface area contributed by atoms with Gasteiger partial charge in [0.1, 0.15) is 0 Å². The summed E-state index contributed by atoms with van der Waals surface area (Å²) < 4.78 is 0.876. The van der Waals surface area contributed by atoms with Crippen LogP contribution in [0.2, 0.25) is 4.34 Å². The third-order valence-electron chi connectivity index (χ3n) is 3.51. The first kappa shape index (κ1) is 12.4. The van der Waals surface area contributed by atoms with Crippen LogP contribution in [0.5, 0.6) is 0 Å². The van der Waals surface area contributed by atoms with E-state index in [-0.39, 0.29) is 0 Å². The predicted octanol–water partition coefficient (Wildman–Crippen LogP) is 2.96. The summed E-state index contributed by atoms with van der Waals surface area (Å²) >= 11 is 7.59. The zero-order valence-electron chi connectivity index (χ0n) is 9.71. The SMILES string of the molecule is CN(Cc1ccc(Cl)s1)CC1(CN)CCC1. The number of thiophene rings is 1. The zero-order valence-corrected chi connectivity index (χ0v) is 11.3. The average Bonchev–Trinajstić information content (AvgIpc) is 2.57. The predicted molar refractivity (Wildman–Crippen MR) is 71.0 cm³/mol. The van der Waals surface area contributed by atoms with Gasteiger partial charge < -0.3 is 10.6 Å². The summed E-state index contributed by atoms with van der Waals surface area (Å²) in [5.41, 5.74) is 6.27. The quantitative estimate of drug-likeness (QED) is 0.880. The summed E-state index contributed by atoms with van der Waals surface area (Å²) in [7, 11) is 2.17. The van der Waals surface area contributed by atoms with Crippen LogP contribution in [0.15, 0.2) is 12.1 Å². The minimum atomic E-state index is 0.399. The number of rotatable bonds is 5. The van der Waals surface area contributed by atoms with Crippen LogP contribution in [0.1, 0.15) is 24.1 Å². The fraction of sp³-hybridized carbons (Fsp3) is 0.667. The lowest BCUT2D eigenvalue weighted by molar-refractivity contribution is 0.0850. The van der Waals surface area contributed by atoms with Gasteiger partial charge in [0.05, 0.1) is 4.34 Å². The van der Waals surface area contributed by atoms with Gasteiger partial charge in [0, 0.05) is 18.0 Å². The fourth-order valence-corrected chi connectivity index (χ4v) is 3.60. The normalized spacial score (nSPS) is 18.8. The molecule has 2 rings (SSSR count). The van der Waals surface area contributed by atoms with Crippen LogP contribution in [-0.2, 0) is 6.54 Å². The third-order valence-corrected chi connectivity index (χ3v) is 4.72. The highest BCUT2D eigenvalue weighted by Crippen LogP contribution is 2.40. The maximum absolute atomic E-state index is 5.92. The lowest BCUT2D eigenvalue weighted by atomic mass is 9.68. The topological polar surface area (TPSA) is 29.3 Å². The number of nitrogens with two attached hydrogens (primary N) is 1. The van der Waals surface area contributed by atoms with Crippen molar-refractivity contribution in [1.82, 2.24) is 4.90 Å². The Morgan fingerprint density at radius 2 is 2.25 bits per heavy atom. The van der Waals surface area contributed by atoms with Crippen molar-refractivity contribution in [3.05, 3.63) is 21.3 Å². The van der Waals surface area contributed by atoms with E-state index >= 15 is 0 Å². The number of nitrogens with zero attached hydrogens (tertiary/aromatic N) is 1. The Kier molecular flexibility index (Phi) is 3.90. The van der Waals surface area contributed by atoms with E-state index in [1.54, 1.807) is 11.3 Å². The molecule has 0 amide bonds. The highest BCUT2D eigenvalue weighted by Gasteiger charge is 2.36. The molecule has 0 atom stereocenters. The maximum Gasteiger partial charge on any atom is 0.0931 e. The van der Waals surface area contributed by atoms with E-state index < -0.39 is 0 Å². The van der Waals surface area contributed by atoms with Gasteiger partial charge in [0.2, 0.25) is 0 Å². The second kappa shape index (κ2) is 5.05. The molecule has 0 unspecified atom stereocenters. The first-order valence-electron chi connectivity index (χ1n) is 5.76. The van der Waals surface area contributed by atoms with Gasteiger partial charge in [-0.2, -0.15) is 0 Å². The largest absolute Gasteiger partial charge is 0.330 e. The van der Waals surface area contributed by atoms with Gasteiger partial charge in [-0.25, -0.2) is 0 Å². The zero-order chi connectivity index (χ0) is 11.6. The highest BCUT2D eigenvalue weighted by atomic mass is 35.5. The number of hydrogen-bond acceptors (Lipinski definition) is 3. The molecule has 90 valence electrons. The van der Waals surface area contributed by atoms with Gasteiger partial charge in [-0.3, -0.25) is 0 Å². The van der Waals surface area contributed by atoms with Gasteiger partial charge in [-0.1, -0.05) is 18.0 Å². The van der Waals surface area contributed by atoms with E-state index in [2.05, 4.69) is 18.0 Å². The van der Waals surface area contributed by atoms with Crippen molar-refractivity contribution in [2.45, 2.75) is 25.8 Å². The molecular formula is C12H19ClN2S. The molecule has 1 aromatic rings. The molecule has 0 radical (unpaired) electrons. The van der Waals surface area contributed by atoms with Crippen LogP contribution in [0.25, 0.3) is 0 Å². The van der Waals surface area contributed by atoms with Crippen LogP contribution < -0.4 is 5.73 Å². The van der Waals surface area contributed by atoms with E-state index in [0.717, 1.165) is 24.0 Å². The Bertz CT molecular complexity index is 341. The lowest BCUT2D eigenvalue weighted by Gasteiger charge is -2.43. The van der Waals surface area contributed by atoms with Gasteiger partial charge in [0.15, 0.2) is 0 Å². The summed E-state index contributed by atoms with van der Waals surface area (Å²) in [5, 5.41) is 0. The van der Waals surface area contributed by atoms with Gasteiger partial charge in [-0.05, 0) is 44.0 Å². The highest BCUT2D eigenvalue weighted by molar-refractivity contribution is 7.16. The number of hydrogen-bond donors (Lipinski definition) is 1. The number of halogens is 1. The molecule has 16 heavy (non-hydrogen) atoms. The molecule has 0 bridgehead atoms. The molecule has 1 saturated carbocycles. The average molecular weight is 259 g/mol. The van der Waals surface area contributed by atoms with E-state index in [1.807, 2.05) is 6.07 Å². The first-order chi connectivity index (χ1) is 7.63. The van der Waals surface area contributed by atoms with Crippen molar-refractivity contribution in [3.63, 3.8) is 0 Å². The molecule has 2 N–H and O–H groups in total. The molecule has 0 spiro atoms. The summed E-state index contributed by atoms with van der Waals surface area (Å²) in [6.07, 6.45) is 3.92. The molecule has 1 aliphatic rings. The summed E-state index contributed by atoms with van der Waals surface area (Å²) in [6.45, 7) is 2.92. The maximum atomic E-state index is 5.92. The van der Waals surface area contributed by atoms with Crippen LogP contribution in [0, 0.1) is 5.41 Å². The molecule has 2 nitrogen and oxygen atoms in total. The summed E-state index contributed by atoms with van der Waals surface area (Å²) in [5.74, 6) is 0. The van der Waals surface area contributed by atoms with Gasteiger partial charge in [-0.15, -0.1) is 11.3 Å². The van der Waals surface area contributed by atoms with Crippen molar-refractivity contribution < 1.29 is 0 Å². The monoisotopic (exact) mass is 258 g/mol. The van der Waals surface area contributed by atoms with Crippen molar-refractivity contribution in [1.29, 1.82) is 0 Å². The van der Waals surface area contributed by atoms with E-state index in [4.69, 9.17) is 17.3 Å². The van der Waals surface area contributed by atoms with Crippen molar-refractivity contribution in [2.75, 3.05) is 20.1 Å². The third kappa shape index (κ3) is 2.77. The Hall–Kier alpha value is -0.0900. The molecule has 0 saturated heterocycles. The first-order valence-corrected chi connectivity index (χ1v) is 6.96. The standard InChI is InChI=1S/C12H19ClN2S/c1-15(7-10-3-4-11(13)16-10)9-12(8-14)5-2-6-12/h3-4H,2,5-9,14H2,1H3. The molecule has 1 aliphatic carbocycles. The molecule has 1 heterocycles. The Morgan fingerprint density at radius 1 is 1.50 bits per heavy atom. The second-order valence-electron chi connectivity index (χ2n) is 4.94. The molecule has 0 aromatic carbocycles. The molecule has 0 aliphatic heterocycles. The van der Waals surface area contributed by atoms with E-state index in [1.165, 1.54) is 24.1 Å². The van der Waals surface area contributed by atoms with Crippen LogP contribution in [0.4, 0.5) is 0 Å². The molecule has 1 fully saturated rings. The fourth-order valence-electron chi connectivity index (χ4n) is 2.43. The van der Waals surface area contributed by atoms with Crippen LogP contribution >= 0.6 is 22.9 Å². The van der Waals surface area contributed by atoms with E-state index in [0.29, 0.717) is 5.41 Å². The summed E-state index contributed by atoms with van der Waals surface area (Å²) in [6, 6.07) is 4.08. The van der Waals surface area contributed by atoms with Crippen LogP contribution in [0.3, 0.4) is 0 Å². The van der Waals surface area contributed by atoms with Gasteiger partial charge >= 0.3 is 0 Å². The second-order valence-corrected chi connectivity index (χ2v) is 6.74. The minimum absolute atomic E-state index is 0.399. The molecular weight excluding hydrogens is 240 g/mol. The van der Waals surface area contributed by atoms with Crippen LogP contribution in [-0.4, -0.2) is 25.0 Å². The van der Waals surface area contributed by atoms with Crippen molar-refractivity contribution in [2.24, 2.45) is 11.1 Å². The molecule has 4 heteroatoms. The molecule has 1 aromatic heterocycles. The Balaban J connectivity index is 1.86. The minimum Gasteiger partial charge on any atom is -0.330 e. The Morgan fingerprint density at radius 3 is 2.69 bits per heavy atom. The Labute approximate surface area is 106 Å². The van der Waals surface area contributed by atoms with Crippen molar-refractivity contribution >= 4 is 22.9 Å². The van der Waals surface area contributed by atoms with Gasteiger partial charge in [0.25, 0.3) is 0 Å². The smallest absolute Gasteiger partial charge is 0.0931 e. The summed E-state index contributed by atoms with van der Waals surface area (Å²) in [4.78, 5) is 3.70. The lowest BCUT2D eigenvalue weighted by Crippen LogP contribution is -2.45. The van der Waals surface area contributed by atoms with E-state index in [9.17, 15) is 0 Å². The van der Waals surface area contributed by atoms with Crippen molar-refractivity contribution in [3.8, 4) is 0 Å².